The SMILES string of the molecule is CC1CC=CC2C(=O)OC(=O)C12. The summed E-state index contributed by atoms with van der Waals surface area (Å²) in [7, 11) is 0. The molecular formula is C9H10O3. The number of cyclic esters (lactones) is 2. The molecule has 0 spiro atoms. The van der Waals surface area contributed by atoms with Gasteiger partial charge in [0.15, 0.2) is 0 Å². The highest BCUT2D eigenvalue weighted by molar-refractivity contribution is 5.97. The Morgan fingerprint density at radius 1 is 1.42 bits per heavy atom. The number of esters is 2. The van der Waals surface area contributed by atoms with Gasteiger partial charge in [-0.25, -0.2) is 0 Å². The second-order valence-electron chi connectivity index (χ2n) is 3.43. The van der Waals surface area contributed by atoms with Crippen LogP contribution in [0, 0.1) is 17.8 Å². The Labute approximate surface area is 70.4 Å². The predicted molar refractivity (Wildman–Crippen MR) is 41.0 cm³/mol. The number of hydrogen-bond acceptors (Lipinski definition) is 3. The largest absolute Gasteiger partial charge is 0.392 e. The zero-order valence-corrected chi connectivity index (χ0v) is 6.82. The van der Waals surface area contributed by atoms with Crippen LogP contribution in [-0.2, 0) is 14.3 Å². The molecule has 3 heteroatoms. The van der Waals surface area contributed by atoms with Gasteiger partial charge in [0.2, 0.25) is 0 Å². The minimum atomic E-state index is -0.382. The van der Waals surface area contributed by atoms with Crippen LogP contribution in [0.4, 0.5) is 0 Å². The van der Waals surface area contributed by atoms with Gasteiger partial charge in [0.1, 0.15) is 0 Å². The van der Waals surface area contributed by atoms with E-state index >= 15 is 0 Å². The zero-order chi connectivity index (χ0) is 8.72. The highest BCUT2D eigenvalue weighted by Gasteiger charge is 2.46. The normalized spacial score (nSPS) is 39.6. The minimum absolute atomic E-state index is 0.220. The van der Waals surface area contributed by atoms with Crippen molar-refractivity contribution >= 4 is 11.9 Å². The second-order valence-corrected chi connectivity index (χ2v) is 3.43. The molecule has 1 fully saturated rings. The van der Waals surface area contributed by atoms with Crippen LogP contribution >= 0.6 is 0 Å². The van der Waals surface area contributed by atoms with E-state index in [4.69, 9.17) is 0 Å². The standard InChI is InChI=1S/C9H10O3/c1-5-3-2-4-6-7(5)9(11)12-8(6)10/h2,4-7H,3H2,1H3. The summed E-state index contributed by atoms with van der Waals surface area (Å²) in [6, 6.07) is 0. The van der Waals surface area contributed by atoms with Gasteiger partial charge in [-0.3, -0.25) is 9.59 Å². The van der Waals surface area contributed by atoms with Gasteiger partial charge in [-0.15, -0.1) is 0 Å². The maximum atomic E-state index is 11.2. The number of rotatable bonds is 0. The van der Waals surface area contributed by atoms with Crippen LogP contribution in [0.3, 0.4) is 0 Å². The molecule has 0 aromatic carbocycles. The van der Waals surface area contributed by atoms with Crippen molar-refractivity contribution in [2.75, 3.05) is 0 Å². The first-order valence-corrected chi connectivity index (χ1v) is 4.12. The average Bonchev–Trinajstić information content (AvgIpc) is 2.29. The van der Waals surface area contributed by atoms with Crippen molar-refractivity contribution < 1.29 is 14.3 Å². The first-order chi connectivity index (χ1) is 5.70. The van der Waals surface area contributed by atoms with Crippen molar-refractivity contribution in [2.45, 2.75) is 13.3 Å². The van der Waals surface area contributed by atoms with Crippen LogP contribution in [0.2, 0.25) is 0 Å². The maximum absolute atomic E-state index is 11.2. The monoisotopic (exact) mass is 166 g/mol. The van der Waals surface area contributed by atoms with Gasteiger partial charge in [-0.1, -0.05) is 19.1 Å². The number of fused-ring (bicyclic) bond motifs is 1. The number of carbonyl (C=O) groups is 2. The van der Waals surface area contributed by atoms with Crippen molar-refractivity contribution in [1.82, 2.24) is 0 Å². The highest BCUT2D eigenvalue weighted by Crippen LogP contribution is 2.36. The van der Waals surface area contributed by atoms with Crippen molar-refractivity contribution in [1.29, 1.82) is 0 Å². The van der Waals surface area contributed by atoms with E-state index in [-0.39, 0.29) is 29.7 Å². The summed E-state index contributed by atoms with van der Waals surface area (Å²) in [6.45, 7) is 1.97. The van der Waals surface area contributed by atoms with Crippen molar-refractivity contribution in [3.8, 4) is 0 Å². The molecule has 1 saturated heterocycles. The number of ether oxygens (including phenoxy) is 1. The van der Waals surface area contributed by atoms with E-state index in [1.165, 1.54) is 0 Å². The molecule has 3 atom stereocenters. The molecule has 0 radical (unpaired) electrons. The molecule has 0 N–H and O–H groups in total. The molecule has 0 bridgehead atoms. The summed E-state index contributed by atoms with van der Waals surface area (Å²) in [5.74, 6) is -1.02. The van der Waals surface area contributed by atoms with Crippen molar-refractivity contribution in [3.05, 3.63) is 12.2 Å². The lowest BCUT2D eigenvalue weighted by Gasteiger charge is -2.20. The average molecular weight is 166 g/mol. The molecule has 0 aromatic heterocycles. The number of carbonyl (C=O) groups excluding carboxylic acids is 2. The van der Waals surface area contributed by atoms with E-state index in [9.17, 15) is 9.59 Å². The maximum Gasteiger partial charge on any atom is 0.321 e. The van der Waals surface area contributed by atoms with Crippen LogP contribution in [0.25, 0.3) is 0 Å². The minimum Gasteiger partial charge on any atom is -0.392 e. The molecule has 0 amide bonds. The molecule has 3 unspecified atom stereocenters. The molecule has 1 aliphatic carbocycles. The van der Waals surface area contributed by atoms with Gasteiger partial charge in [-0.2, -0.15) is 0 Å². The van der Waals surface area contributed by atoms with Crippen LogP contribution < -0.4 is 0 Å². The van der Waals surface area contributed by atoms with E-state index < -0.39 is 0 Å². The van der Waals surface area contributed by atoms with Gasteiger partial charge in [-0.05, 0) is 12.3 Å². The molecular weight excluding hydrogens is 156 g/mol. The Morgan fingerprint density at radius 3 is 2.83 bits per heavy atom. The molecule has 1 heterocycles. The third kappa shape index (κ3) is 0.891. The zero-order valence-electron chi connectivity index (χ0n) is 6.82. The summed E-state index contributed by atoms with van der Waals surface area (Å²) >= 11 is 0. The fraction of sp³-hybridized carbons (Fsp3) is 0.556. The lowest BCUT2D eigenvalue weighted by Crippen LogP contribution is -2.25. The van der Waals surface area contributed by atoms with Gasteiger partial charge in [0.25, 0.3) is 0 Å². The lowest BCUT2D eigenvalue weighted by molar-refractivity contribution is -0.153. The van der Waals surface area contributed by atoms with Gasteiger partial charge in [0, 0.05) is 0 Å². The molecule has 12 heavy (non-hydrogen) atoms. The van der Waals surface area contributed by atoms with Crippen molar-refractivity contribution in [2.24, 2.45) is 17.8 Å². The number of allylic oxidation sites excluding steroid dienone is 1. The van der Waals surface area contributed by atoms with E-state index in [1.807, 2.05) is 13.0 Å². The van der Waals surface area contributed by atoms with E-state index in [1.54, 1.807) is 6.08 Å². The molecule has 2 aliphatic rings. The molecule has 3 nitrogen and oxygen atoms in total. The summed E-state index contributed by atoms with van der Waals surface area (Å²) in [5.41, 5.74) is 0. The van der Waals surface area contributed by atoms with E-state index in [0.29, 0.717) is 0 Å². The summed E-state index contributed by atoms with van der Waals surface area (Å²) < 4.78 is 4.55. The molecule has 0 aromatic rings. The smallest absolute Gasteiger partial charge is 0.321 e. The first-order valence-electron chi connectivity index (χ1n) is 4.12. The Morgan fingerprint density at radius 2 is 2.17 bits per heavy atom. The third-order valence-electron chi connectivity index (χ3n) is 2.60. The van der Waals surface area contributed by atoms with Gasteiger partial charge >= 0.3 is 11.9 Å². The third-order valence-corrected chi connectivity index (χ3v) is 2.60. The Hall–Kier alpha value is -1.12. The summed E-state index contributed by atoms with van der Waals surface area (Å²) in [6.07, 6.45) is 4.60. The Kier molecular flexibility index (Phi) is 1.53. The molecule has 64 valence electrons. The fourth-order valence-electron chi connectivity index (χ4n) is 1.90. The van der Waals surface area contributed by atoms with Crippen LogP contribution in [0.1, 0.15) is 13.3 Å². The summed E-state index contributed by atoms with van der Waals surface area (Å²) in [5, 5.41) is 0. The highest BCUT2D eigenvalue weighted by atomic mass is 16.6. The second kappa shape index (κ2) is 2.44. The van der Waals surface area contributed by atoms with E-state index in [0.717, 1.165) is 6.42 Å². The number of hydrogen-bond donors (Lipinski definition) is 0. The fourth-order valence-corrected chi connectivity index (χ4v) is 1.90. The van der Waals surface area contributed by atoms with Crippen LogP contribution in [-0.4, -0.2) is 11.9 Å². The van der Waals surface area contributed by atoms with E-state index in [2.05, 4.69) is 4.74 Å². The Bertz CT molecular complexity index is 267. The molecule has 0 saturated carbocycles. The first kappa shape index (κ1) is 7.53. The van der Waals surface area contributed by atoms with Crippen molar-refractivity contribution in [3.63, 3.8) is 0 Å². The van der Waals surface area contributed by atoms with Crippen LogP contribution in [0.15, 0.2) is 12.2 Å². The molecule has 1 aliphatic heterocycles. The predicted octanol–water partition coefficient (Wildman–Crippen LogP) is 0.898. The summed E-state index contributed by atoms with van der Waals surface area (Å²) in [4.78, 5) is 22.2. The molecule has 2 rings (SSSR count). The van der Waals surface area contributed by atoms with Gasteiger partial charge < -0.3 is 4.74 Å². The topological polar surface area (TPSA) is 43.4 Å². The van der Waals surface area contributed by atoms with Crippen LogP contribution in [0.5, 0.6) is 0 Å². The van der Waals surface area contributed by atoms with Gasteiger partial charge in [0.05, 0.1) is 11.8 Å². The Balaban J connectivity index is 2.34. The quantitative estimate of drug-likeness (QED) is 0.305. The lowest BCUT2D eigenvalue weighted by atomic mass is 9.78.